The summed E-state index contributed by atoms with van der Waals surface area (Å²) in [6.45, 7) is 5.84. The van der Waals surface area contributed by atoms with Crippen LogP contribution >= 0.6 is 12.4 Å². The van der Waals surface area contributed by atoms with Gasteiger partial charge in [-0.2, -0.15) is 0 Å². The molecule has 1 N–H and O–H groups in total. The molecule has 0 radical (unpaired) electrons. The van der Waals surface area contributed by atoms with E-state index in [1.54, 1.807) is 4.68 Å². The van der Waals surface area contributed by atoms with Crippen LogP contribution in [0.25, 0.3) is 0 Å². The van der Waals surface area contributed by atoms with Gasteiger partial charge in [-0.25, -0.2) is 4.68 Å². The van der Waals surface area contributed by atoms with Crippen molar-refractivity contribution < 1.29 is 0 Å². The quantitative estimate of drug-likeness (QED) is 0.770. The van der Waals surface area contributed by atoms with Crippen molar-refractivity contribution in [1.82, 2.24) is 20.2 Å². The van der Waals surface area contributed by atoms with Crippen LogP contribution in [0.3, 0.4) is 0 Å². The fourth-order valence-electron chi connectivity index (χ4n) is 0.852. The van der Waals surface area contributed by atoms with E-state index in [-0.39, 0.29) is 12.4 Å². The monoisotopic (exact) mass is 191 g/mol. The first-order valence-corrected chi connectivity index (χ1v) is 3.88. The summed E-state index contributed by atoms with van der Waals surface area (Å²) in [7, 11) is 0. The number of nitrogens with one attached hydrogen (secondary N) is 1. The summed E-state index contributed by atoms with van der Waals surface area (Å²) in [6.07, 6.45) is 1.05. The molecule has 12 heavy (non-hydrogen) atoms. The third kappa shape index (κ3) is 2.65. The van der Waals surface area contributed by atoms with E-state index in [2.05, 4.69) is 27.8 Å². The third-order valence-electron chi connectivity index (χ3n) is 1.30. The Balaban J connectivity index is 0.00000121. The molecule has 0 atom stereocenters. The second-order valence-electron chi connectivity index (χ2n) is 2.26. The maximum atomic E-state index is 3.82. The molecule has 0 saturated carbocycles. The number of anilines is 1. The van der Waals surface area contributed by atoms with Crippen LogP contribution in [0.4, 0.5) is 5.95 Å². The van der Waals surface area contributed by atoms with Crippen LogP contribution in [0.5, 0.6) is 0 Å². The van der Waals surface area contributed by atoms with Crippen LogP contribution in [0.15, 0.2) is 0 Å². The molecule has 0 aliphatic rings. The smallest absolute Gasteiger partial charge is 0.242 e. The van der Waals surface area contributed by atoms with Crippen LogP contribution in [0, 0.1) is 0 Å². The lowest BCUT2D eigenvalue weighted by molar-refractivity contribution is 0.583. The Labute approximate surface area is 77.9 Å². The van der Waals surface area contributed by atoms with Crippen LogP contribution in [0.2, 0.25) is 0 Å². The predicted molar refractivity (Wildman–Crippen MR) is 49.5 cm³/mol. The first-order chi connectivity index (χ1) is 5.38. The Morgan fingerprint density at radius 3 is 2.75 bits per heavy atom. The zero-order chi connectivity index (χ0) is 8.10. The highest BCUT2D eigenvalue weighted by Gasteiger charge is 2.00. The highest BCUT2D eigenvalue weighted by Crippen LogP contribution is 1.98. The number of aryl methyl sites for hydroxylation is 1. The Hall–Kier alpha value is -0.840. The van der Waals surface area contributed by atoms with E-state index in [1.807, 2.05) is 6.92 Å². The standard InChI is InChI=1S/C6H13N5.ClH/c1-3-5-11-6(7-4-2)8-9-10-11;/h3-5H2,1-2H3,(H,7,8,10);1H. The fourth-order valence-corrected chi connectivity index (χ4v) is 0.852. The number of hydrogen-bond donors (Lipinski definition) is 1. The van der Waals surface area contributed by atoms with Crippen LogP contribution in [-0.4, -0.2) is 26.8 Å². The summed E-state index contributed by atoms with van der Waals surface area (Å²) in [5, 5.41) is 14.3. The molecule has 0 bridgehead atoms. The van der Waals surface area contributed by atoms with Gasteiger partial charge < -0.3 is 5.32 Å². The summed E-state index contributed by atoms with van der Waals surface area (Å²) in [4.78, 5) is 0. The van der Waals surface area contributed by atoms with Crippen LogP contribution in [-0.2, 0) is 6.54 Å². The second-order valence-corrected chi connectivity index (χ2v) is 2.26. The van der Waals surface area contributed by atoms with E-state index < -0.39 is 0 Å². The first-order valence-electron chi connectivity index (χ1n) is 3.88. The number of tetrazole rings is 1. The lowest BCUT2D eigenvalue weighted by Crippen LogP contribution is -2.07. The predicted octanol–water partition coefficient (Wildman–Crippen LogP) is 0.937. The molecule has 0 aromatic carbocycles. The molecule has 1 aromatic heterocycles. The molecule has 1 rings (SSSR count). The van der Waals surface area contributed by atoms with E-state index in [0.717, 1.165) is 25.5 Å². The van der Waals surface area contributed by atoms with E-state index in [0.29, 0.717) is 0 Å². The first kappa shape index (κ1) is 11.2. The maximum Gasteiger partial charge on any atom is 0.242 e. The molecule has 0 spiro atoms. The molecular formula is C6H14ClN5. The summed E-state index contributed by atoms with van der Waals surface area (Å²) in [5.74, 6) is 0.759. The van der Waals surface area contributed by atoms with Gasteiger partial charge in [-0.1, -0.05) is 12.0 Å². The van der Waals surface area contributed by atoms with Crippen molar-refractivity contribution in [3.63, 3.8) is 0 Å². The molecule has 1 aromatic rings. The minimum absolute atomic E-state index is 0. The molecule has 0 amide bonds. The third-order valence-corrected chi connectivity index (χ3v) is 1.30. The van der Waals surface area contributed by atoms with Gasteiger partial charge in [-0.3, -0.25) is 0 Å². The van der Waals surface area contributed by atoms with E-state index in [9.17, 15) is 0 Å². The Kier molecular flexibility index (Phi) is 5.36. The van der Waals surface area contributed by atoms with Gasteiger partial charge in [-0.15, -0.1) is 12.4 Å². The molecule has 1 heterocycles. The van der Waals surface area contributed by atoms with Gasteiger partial charge in [0.1, 0.15) is 0 Å². The number of rotatable bonds is 4. The zero-order valence-electron chi connectivity index (χ0n) is 7.32. The number of aromatic nitrogens is 4. The molecule has 0 aliphatic carbocycles. The minimum Gasteiger partial charge on any atom is -0.353 e. The topological polar surface area (TPSA) is 55.6 Å². The van der Waals surface area contributed by atoms with E-state index >= 15 is 0 Å². The normalized spacial score (nSPS) is 9.17. The fraction of sp³-hybridized carbons (Fsp3) is 0.833. The van der Waals surface area contributed by atoms with Crippen LogP contribution in [0.1, 0.15) is 20.3 Å². The molecule has 0 fully saturated rings. The number of hydrogen-bond acceptors (Lipinski definition) is 4. The van der Waals surface area contributed by atoms with Crippen molar-refractivity contribution in [3.8, 4) is 0 Å². The molecule has 0 saturated heterocycles. The van der Waals surface area contributed by atoms with Crippen molar-refractivity contribution in [2.45, 2.75) is 26.8 Å². The van der Waals surface area contributed by atoms with Gasteiger partial charge in [0.2, 0.25) is 5.95 Å². The van der Waals surface area contributed by atoms with Crippen molar-refractivity contribution in [1.29, 1.82) is 0 Å². The highest BCUT2D eigenvalue weighted by molar-refractivity contribution is 5.85. The van der Waals surface area contributed by atoms with Gasteiger partial charge in [0.05, 0.1) is 0 Å². The molecule has 0 unspecified atom stereocenters. The second kappa shape index (κ2) is 5.77. The Bertz CT molecular complexity index is 191. The summed E-state index contributed by atoms with van der Waals surface area (Å²) < 4.78 is 1.77. The van der Waals surface area contributed by atoms with Crippen molar-refractivity contribution in [3.05, 3.63) is 0 Å². The van der Waals surface area contributed by atoms with E-state index in [4.69, 9.17) is 0 Å². The van der Waals surface area contributed by atoms with Gasteiger partial charge in [0, 0.05) is 13.1 Å². The number of nitrogens with zero attached hydrogens (tertiary/aromatic N) is 4. The largest absolute Gasteiger partial charge is 0.353 e. The maximum absolute atomic E-state index is 3.82. The zero-order valence-corrected chi connectivity index (χ0v) is 8.13. The van der Waals surface area contributed by atoms with Crippen molar-refractivity contribution in [2.24, 2.45) is 0 Å². The van der Waals surface area contributed by atoms with Gasteiger partial charge in [-0.05, 0) is 23.8 Å². The minimum atomic E-state index is 0. The highest BCUT2D eigenvalue weighted by atomic mass is 35.5. The lowest BCUT2D eigenvalue weighted by Gasteiger charge is -2.01. The molecular weight excluding hydrogens is 178 g/mol. The average molecular weight is 192 g/mol. The van der Waals surface area contributed by atoms with Gasteiger partial charge in [0.25, 0.3) is 0 Å². The molecule has 6 heteroatoms. The van der Waals surface area contributed by atoms with Crippen molar-refractivity contribution in [2.75, 3.05) is 11.9 Å². The van der Waals surface area contributed by atoms with Gasteiger partial charge >= 0.3 is 0 Å². The van der Waals surface area contributed by atoms with Crippen molar-refractivity contribution >= 4 is 18.4 Å². The van der Waals surface area contributed by atoms with Crippen LogP contribution < -0.4 is 5.32 Å². The molecule has 0 aliphatic heterocycles. The summed E-state index contributed by atoms with van der Waals surface area (Å²) in [5.41, 5.74) is 0. The summed E-state index contributed by atoms with van der Waals surface area (Å²) in [6, 6.07) is 0. The summed E-state index contributed by atoms with van der Waals surface area (Å²) >= 11 is 0. The Morgan fingerprint density at radius 2 is 2.17 bits per heavy atom. The Morgan fingerprint density at radius 1 is 1.42 bits per heavy atom. The molecule has 5 nitrogen and oxygen atoms in total. The molecule has 70 valence electrons. The number of halogens is 1. The van der Waals surface area contributed by atoms with E-state index in [1.165, 1.54) is 0 Å². The average Bonchev–Trinajstić information content (AvgIpc) is 2.39. The SMILES string of the molecule is CCCn1nnnc1NCC.Cl. The van der Waals surface area contributed by atoms with Gasteiger partial charge in [0.15, 0.2) is 0 Å². The lowest BCUT2D eigenvalue weighted by atomic mass is 10.5.